The van der Waals surface area contributed by atoms with E-state index in [-0.39, 0.29) is 5.82 Å². The van der Waals surface area contributed by atoms with Gasteiger partial charge in [-0.3, -0.25) is 0 Å². The Kier molecular flexibility index (Phi) is 5.02. The maximum absolute atomic E-state index is 13.0. The third kappa shape index (κ3) is 4.16. The van der Waals surface area contributed by atoms with E-state index >= 15 is 0 Å². The van der Waals surface area contributed by atoms with Gasteiger partial charge in [0.15, 0.2) is 0 Å². The number of aliphatic imine (C=N–C) groups is 1. The van der Waals surface area contributed by atoms with E-state index in [2.05, 4.69) is 45.3 Å². The summed E-state index contributed by atoms with van der Waals surface area (Å²) in [5.41, 5.74) is 4.27. The number of hydrogen-bond donors (Lipinski definition) is 0. The van der Waals surface area contributed by atoms with Crippen molar-refractivity contribution in [3.05, 3.63) is 101 Å². The van der Waals surface area contributed by atoms with Crippen LogP contribution in [0.3, 0.4) is 0 Å². The molecule has 0 bridgehead atoms. The van der Waals surface area contributed by atoms with Crippen LogP contribution < -0.4 is 0 Å². The first kappa shape index (κ1) is 15.7. The van der Waals surface area contributed by atoms with Crippen LogP contribution >= 0.6 is 0 Å². The van der Waals surface area contributed by atoms with E-state index in [9.17, 15) is 4.39 Å². The van der Waals surface area contributed by atoms with Gasteiger partial charge in [-0.2, -0.15) is 0 Å². The summed E-state index contributed by atoms with van der Waals surface area (Å²) in [7, 11) is 0. The van der Waals surface area contributed by atoms with Crippen LogP contribution in [0.4, 0.5) is 10.1 Å². The SMILES string of the molecule is Fc1ccc(N=C([Se])c2ccccc2Cc2ccccc2)cc1. The zero-order chi connectivity index (χ0) is 16.1. The summed E-state index contributed by atoms with van der Waals surface area (Å²) >= 11 is 3.04. The summed E-state index contributed by atoms with van der Waals surface area (Å²) in [6.07, 6.45) is 0.848. The first-order valence-electron chi connectivity index (χ1n) is 7.36. The monoisotopic (exact) mass is 368 g/mol. The number of hydrogen-bond acceptors (Lipinski definition) is 1. The van der Waals surface area contributed by atoms with Gasteiger partial charge >= 0.3 is 143 Å². The molecule has 0 N–H and O–H groups in total. The van der Waals surface area contributed by atoms with Gasteiger partial charge in [-0.1, -0.05) is 0 Å². The Balaban J connectivity index is 1.91. The van der Waals surface area contributed by atoms with Crippen molar-refractivity contribution >= 4 is 26.3 Å². The molecule has 0 aromatic heterocycles. The standard InChI is InChI=1S/C20H15FNSe/c21-17-10-12-18(13-11-17)22-20(23)19-9-5-4-8-16(19)14-15-6-2-1-3-7-15/h1-13H,14H2. The van der Waals surface area contributed by atoms with Crippen LogP contribution in [0.2, 0.25) is 0 Å². The van der Waals surface area contributed by atoms with Crippen LogP contribution in [0.15, 0.2) is 83.9 Å². The molecule has 23 heavy (non-hydrogen) atoms. The quantitative estimate of drug-likeness (QED) is 0.470. The predicted octanol–water partition coefficient (Wildman–Crippen LogP) is 4.66. The van der Waals surface area contributed by atoms with Crippen molar-refractivity contribution in [3.63, 3.8) is 0 Å². The zero-order valence-electron chi connectivity index (χ0n) is 12.4. The molecular formula is C20H15FNSe. The van der Waals surface area contributed by atoms with Crippen molar-refractivity contribution in [2.45, 2.75) is 6.42 Å². The van der Waals surface area contributed by atoms with Gasteiger partial charge in [-0.15, -0.1) is 0 Å². The molecule has 0 amide bonds. The molecule has 3 aromatic rings. The Morgan fingerprint density at radius 3 is 2.22 bits per heavy atom. The van der Waals surface area contributed by atoms with Crippen molar-refractivity contribution < 1.29 is 4.39 Å². The molecule has 0 heterocycles. The summed E-state index contributed by atoms with van der Waals surface area (Å²) in [4.78, 5) is 4.57. The molecule has 113 valence electrons. The molecule has 0 aliphatic carbocycles. The summed E-state index contributed by atoms with van der Waals surface area (Å²) in [6.45, 7) is 0. The molecule has 0 unspecified atom stereocenters. The Bertz CT molecular complexity index is 811. The van der Waals surface area contributed by atoms with Crippen LogP contribution in [0.25, 0.3) is 0 Å². The number of benzene rings is 3. The third-order valence-electron chi connectivity index (χ3n) is 3.54. The van der Waals surface area contributed by atoms with Crippen LogP contribution in [0.1, 0.15) is 16.7 Å². The van der Waals surface area contributed by atoms with Crippen molar-refractivity contribution in [2.24, 2.45) is 4.99 Å². The van der Waals surface area contributed by atoms with Gasteiger partial charge in [0.1, 0.15) is 0 Å². The third-order valence-corrected chi connectivity index (χ3v) is 4.20. The fraction of sp³-hybridized carbons (Fsp3) is 0.0500. The molecule has 0 spiro atoms. The molecule has 0 aliphatic heterocycles. The molecule has 3 heteroatoms. The topological polar surface area (TPSA) is 12.4 Å². The number of nitrogens with zero attached hydrogens (tertiary/aromatic N) is 1. The minimum absolute atomic E-state index is 0.255. The molecule has 3 aromatic carbocycles. The van der Waals surface area contributed by atoms with E-state index in [4.69, 9.17) is 0 Å². The van der Waals surface area contributed by atoms with Crippen LogP contribution in [-0.2, 0) is 6.42 Å². The fourth-order valence-corrected chi connectivity index (χ4v) is 3.03. The zero-order valence-corrected chi connectivity index (χ0v) is 14.2. The molecule has 0 fully saturated rings. The van der Waals surface area contributed by atoms with E-state index < -0.39 is 0 Å². The molecule has 3 rings (SSSR count). The number of rotatable bonds is 4. The Morgan fingerprint density at radius 2 is 1.48 bits per heavy atom. The van der Waals surface area contributed by atoms with Crippen molar-refractivity contribution in [3.8, 4) is 0 Å². The number of halogens is 1. The minimum atomic E-state index is -0.255. The van der Waals surface area contributed by atoms with Crippen molar-refractivity contribution in [1.82, 2.24) is 0 Å². The van der Waals surface area contributed by atoms with Crippen molar-refractivity contribution in [2.75, 3.05) is 0 Å². The average Bonchev–Trinajstić information content (AvgIpc) is 2.58. The van der Waals surface area contributed by atoms with Gasteiger partial charge in [0, 0.05) is 0 Å². The van der Waals surface area contributed by atoms with Gasteiger partial charge in [-0.25, -0.2) is 0 Å². The Hall–Kier alpha value is -2.22. The normalized spacial score (nSPS) is 11.4. The van der Waals surface area contributed by atoms with E-state index in [1.807, 2.05) is 30.3 Å². The van der Waals surface area contributed by atoms with Gasteiger partial charge in [0.05, 0.1) is 0 Å². The van der Waals surface area contributed by atoms with Crippen molar-refractivity contribution in [1.29, 1.82) is 0 Å². The van der Waals surface area contributed by atoms with Gasteiger partial charge in [-0.05, 0) is 0 Å². The Morgan fingerprint density at radius 1 is 0.826 bits per heavy atom. The molecule has 0 saturated carbocycles. The Labute approximate surface area is 143 Å². The van der Waals surface area contributed by atoms with E-state index in [1.165, 1.54) is 23.3 Å². The summed E-state index contributed by atoms with van der Waals surface area (Å²) in [5.74, 6) is -0.255. The maximum atomic E-state index is 13.0. The first-order chi connectivity index (χ1) is 11.2. The van der Waals surface area contributed by atoms with Gasteiger partial charge in [0.2, 0.25) is 0 Å². The second-order valence-corrected chi connectivity index (χ2v) is 6.02. The summed E-state index contributed by atoms with van der Waals surface area (Å²) < 4.78 is 13.8. The second kappa shape index (κ2) is 7.36. The second-order valence-electron chi connectivity index (χ2n) is 5.21. The molecular weight excluding hydrogens is 352 g/mol. The molecule has 0 atom stereocenters. The molecule has 1 nitrogen and oxygen atoms in total. The van der Waals surface area contributed by atoms with E-state index in [0.717, 1.165) is 22.3 Å². The van der Waals surface area contributed by atoms with E-state index in [0.29, 0.717) is 0 Å². The molecule has 1 radical (unpaired) electrons. The summed E-state index contributed by atoms with van der Waals surface area (Å²) in [6, 6.07) is 24.7. The van der Waals surface area contributed by atoms with Crippen LogP contribution in [-0.4, -0.2) is 20.6 Å². The summed E-state index contributed by atoms with van der Waals surface area (Å²) in [5, 5.41) is 0. The molecule has 0 saturated heterocycles. The first-order valence-corrected chi connectivity index (χ1v) is 8.21. The van der Waals surface area contributed by atoms with E-state index in [1.54, 1.807) is 12.1 Å². The average molecular weight is 367 g/mol. The van der Waals surface area contributed by atoms with Gasteiger partial charge < -0.3 is 0 Å². The molecule has 0 aliphatic rings. The predicted molar refractivity (Wildman–Crippen MR) is 94.0 cm³/mol. The van der Waals surface area contributed by atoms with Crippen LogP contribution in [0.5, 0.6) is 0 Å². The van der Waals surface area contributed by atoms with Crippen LogP contribution in [0, 0.1) is 5.82 Å². The van der Waals surface area contributed by atoms with Gasteiger partial charge in [0.25, 0.3) is 0 Å². The fourth-order valence-electron chi connectivity index (χ4n) is 2.39.